The first-order valence-corrected chi connectivity index (χ1v) is 8.58. The second-order valence-electron chi connectivity index (χ2n) is 6.26. The fourth-order valence-corrected chi connectivity index (χ4v) is 3.30. The number of rotatable bonds is 4. The van der Waals surface area contributed by atoms with Gasteiger partial charge < -0.3 is 23.8 Å². The molecule has 0 saturated heterocycles. The van der Waals surface area contributed by atoms with Crippen LogP contribution in [0.25, 0.3) is 21.9 Å². The molecule has 4 rings (SSSR count). The summed E-state index contributed by atoms with van der Waals surface area (Å²) < 4.78 is 17.6. The number of para-hydroxylation sites is 1. The fraction of sp³-hybridized carbons (Fsp3) is 0.143. The van der Waals surface area contributed by atoms with Crippen LogP contribution in [0, 0.1) is 0 Å². The minimum atomic E-state index is -0.481. The first-order valence-electron chi connectivity index (χ1n) is 8.58. The lowest BCUT2D eigenvalue weighted by Crippen LogP contribution is -2.16. The zero-order valence-corrected chi connectivity index (χ0v) is 15.6. The summed E-state index contributed by atoms with van der Waals surface area (Å²) in [6.45, 7) is 0. The Labute approximate surface area is 160 Å². The molecule has 2 aromatic heterocycles. The van der Waals surface area contributed by atoms with Crippen LogP contribution < -0.4 is 20.4 Å². The van der Waals surface area contributed by atoms with Gasteiger partial charge in [0.2, 0.25) is 0 Å². The highest BCUT2D eigenvalue weighted by atomic mass is 16.5. The van der Waals surface area contributed by atoms with Gasteiger partial charge in [-0.2, -0.15) is 0 Å². The van der Waals surface area contributed by atoms with Gasteiger partial charge in [0.25, 0.3) is 5.91 Å². The molecule has 7 heteroatoms. The molecule has 0 aliphatic rings. The molecule has 0 aliphatic heterocycles. The van der Waals surface area contributed by atoms with E-state index in [1.807, 2.05) is 12.1 Å². The molecule has 1 amide bonds. The van der Waals surface area contributed by atoms with Crippen LogP contribution in [0.1, 0.15) is 10.5 Å². The number of amides is 1. The van der Waals surface area contributed by atoms with Crippen LogP contribution in [0.2, 0.25) is 0 Å². The van der Waals surface area contributed by atoms with Gasteiger partial charge in [0.15, 0.2) is 0 Å². The third-order valence-corrected chi connectivity index (χ3v) is 4.69. The van der Waals surface area contributed by atoms with Gasteiger partial charge in [0, 0.05) is 18.5 Å². The lowest BCUT2D eigenvalue weighted by Gasteiger charge is -2.12. The lowest BCUT2D eigenvalue weighted by molar-refractivity contribution is 0.101. The fourth-order valence-electron chi connectivity index (χ4n) is 3.30. The second-order valence-corrected chi connectivity index (χ2v) is 6.26. The van der Waals surface area contributed by atoms with Crippen LogP contribution >= 0.6 is 0 Å². The van der Waals surface area contributed by atoms with E-state index in [1.54, 1.807) is 55.1 Å². The Bertz CT molecular complexity index is 1270. The van der Waals surface area contributed by atoms with Crippen LogP contribution in [0.15, 0.2) is 57.7 Å². The molecule has 28 heavy (non-hydrogen) atoms. The van der Waals surface area contributed by atoms with Crippen molar-refractivity contribution >= 4 is 33.5 Å². The number of nitrogens with one attached hydrogen (secondary N) is 1. The molecule has 1 N–H and O–H groups in total. The number of anilines is 1. The molecule has 0 radical (unpaired) electrons. The van der Waals surface area contributed by atoms with E-state index in [0.717, 1.165) is 5.39 Å². The summed E-state index contributed by atoms with van der Waals surface area (Å²) in [6, 6.07) is 13.9. The standard InChI is InChI=1S/C21H18N2O5/c1-23-16(20(24)22-15-9-8-12(26-2)10-18(15)27-3)11-14-19(23)13-6-4-5-7-17(13)28-21(14)25/h4-11H,1-3H3,(H,22,24). The summed E-state index contributed by atoms with van der Waals surface area (Å²) in [7, 11) is 4.81. The number of hydrogen-bond acceptors (Lipinski definition) is 5. The number of nitrogens with zero attached hydrogens (tertiary/aromatic N) is 1. The van der Waals surface area contributed by atoms with E-state index in [9.17, 15) is 9.59 Å². The molecule has 0 aliphatic carbocycles. The van der Waals surface area contributed by atoms with Crippen molar-refractivity contribution in [2.75, 3.05) is 19.5 Å². The van der Waals surface area contributed by atoms with E-state index in [4.69, 9.17) is 13.9 Å². The Kier molecular flexibility index (Phi) is 4.27. The number of carbonyl (C=O) groups excluding carboxylic acids is 1. The quantitative estimate of drug-likeness (QED) is 0.549. The molecule has 0 bridgehead atoms. The summed E-state index contributed by atoms with van der Waals surface area (Å²) in [5.41, 5.74) is 1.47. The molecule has 0 fully saturated rings. The van der Waals surface area contributed by atoms with Crippen molar-refractivity contribution in [3.63, 3.8) is 0 Å². The monoisotopic (exact) mass is 378 g/mol. The van der Waals surface area contributed by atoms with Gasteiger partial charge in [-0.3, -0.25) is 4.79 Å². The lowest BCUT2D eigenvalue weighted by atomic mass is 10.2. The Morgan fingerprint density at radius 1 is 1.04 bits per heavy atom. The number of ether oxygens (including phenoxy) is 2. The Hall–Kier alpha value is -3.74. The van der Waals surface area contributed by atoms with Crippen LogP contribution in [-0.4, -0.2) is 24.7 Å². The van der Waals surface area contributed by atoms with Gasteiger partial charge in [0.1, 0.15) is 22.8 Å². The summed E-state index contributed by atoms with van der Waals surface area (Å²) in [4.78, 5) is 25.3. The first-order chi connectivity index (χ1) is 13.5. The maximum Gasteiger partial charge on any atom is 0.345 e. The highest BCUT2D eigenvalue weighted by Crippen LogP contribution is 2.30. The number of aromatic nitrogens is 1. The van der Waals surface area contributed by atoms with Crippen LogP contribution in [0.5, 0.6) is 11.5 Å². The van der Waals surface area contributed by atoms with Gasteiger partial charge in [-0.05, 0) is 30.3 Å². The molecular weight excluding hydrogens is 360 g/mol. The number of aryl methyl sites for hydroxylation is 1. The average Bonchev–Trinajstić information content (AvgIpc) is 3.07. The van der Waals surface area contributed by atoms with E-state index >= 15 is 0 Å². The molecule has 2 aromatic carbocycles. The maximum atomic E-state index is 12.9. The third kappa shape index (κ3) is 2.77. The number of methoxy groups -OCH3 is 2. The van der Waals surface area contributed by atoms with Gasteiger partial charge in [-0.15, -0.1) is 0 Å². The summed E-state index contributed by atoms with van der Waals surface area (Å²) in [5, 5.41) is 3.94. The highest BCUT2D eigenvalue weighted by Gasteiger charge is 2.19. The number of benzene rings is 2. The molecule has 142 valence electrons. The molecular formula is C21H18N2O5. The van der Waals surface area contributed by atoms with Crippen LogP contribution in [0.4, 0.5) is 5.69 Å². The normalized spacial score (nSPS) is 11.0. The summed E-state index contributed by atoms with van der Waals surface area (Å²) in [5.74, 6) is 0.714. The molecule has 0 atom stereocenters. The number of fused-ring (bicyclic) bond motifs is 3. The van der Waals surface area contributed by atoms with Crippen LogP contribution in [-0.2, 0) is 7.05 Å². The molecule has 0 unspecified atom stereocenters. The zero-order valence-electron chi connectivity index (χ0n) is 15.6. The van der Waals surface area contributed by atoms with E-state index in [1.165, 1.54) is 7.11 Å². The van der Waals surface area contributed by atoms with Crippen molar-refractivity contribution in [1.29, 1.82) is 0 Å². The topological polar surface area (TPSA) is 82.7 Å². The van der Waals surface area contributed by atoms with Gasteiger partial charge in [0.05, 0.1) is 30.8 Å². The Morgan fingerprint density at radius 3 is 2.57 bits per heavy atom. The van der Waals surface area contributed by atoms with Crippen molar-refractivity contribution in [2.24, 2.45) is 7.05 Å². The first kappa shape index (κ1) is 17.7. The van der Waals surface area contributed by atoms with Gasteiger partial charge in [-0.1, -0.05) is 12.1 Å². The Morgan fingerprint density at radius 2 is 1.82 bits per heavy atom. The minimum Gasteiger partial charge on any atom is -0.497 e. The average molecular weight is 378 g/mol. The Balaban J connectivity index is 1.81. The molecule has 4 aromatic rings. The maximum absolute atomic E-state index is 12.9. The van der Waals surface area contributed by atoms with Gasteiger partial charge >= 0.3 is 5.63 Å². The molecule has 7 nitrogen and oxygen atoms in total. The minimum absolute atomic E-state index is 0.330. The summed E-state index contributed by atoms with van der Waals surface area (Å²) in [6.07, 6.45) is 0. The van der Waals surface area contributed by atoms with E-state index < -0.39 is 5.63 Å². The number of hydrogen-bond donors (Lipinski definition) is 1. The zero-order chi connectivity index (χ0) is 19.8. The molecule has 0 spiro atoms. The van der Waals surface area contributed by atoms with Crippen molar-refractivity contribution < 1.29 is 18.7 Å². The van der Waals surface area contributed by atoms with Gasteiger partial charge in [-0.25, -0.2) is 4.79 Å². The van der Waals surface area contributed by atoms with E-state index in [-0.39, 0.29) is 5.91 Å². The predicted octanol–water partition coefficient (Wildman–Crippen LogP) is 3.55. The van der Waals surface area contributed by atoms with Crippen molar-refractivity contribution in [2.45, 2.75) is 0 Å². The van der Waals surface area contributed by atoms with E-state index in [2.05, 4.69) is 5.32 Å². The second kappa shape index (κ2) is 6.77. The van der Waals surface area contributed by atoms with Crippen molar-refractivity contribution in [3.8, 4) is 11.5 Å². The largest absolute Gasteiger partial charge is 0.497 e. The van der Waals surface area contributed by atoms with Crippen molar-refractivity contribution in [1.82, 2.24) is 4.57 Å². The SMILES string of the molecule is COc1ccc(NC(=O)c2cc3c(=O)oc4ccccc4c3n2C)c(OC)c1. The third-order valence-electron chi connectivity index (χ3n) is 4.69. The predicted molar refractivity (Wildman–Crippen MR) is 106 cm³/mol. The molecule has 2 heterocycles. The van der Waals surface area contributed by atoms with Crippen molar-refractivity contribution in [3.05, 3.63) is 64.6 Å². The highest BCUT2D eigenvalue weighted by molar-refractivity contribution is 6.10. The molecule has 0 saturated carbocycles. The number of carbonyl (C=O) groups is 1. The van der Waals surface area contributed by atoms with Crippen LogP contribution in [0.3, 0.4) is 0 Å². The smallest absolute Gasteiger partial charge is 0.345 e. The van der Waals surface area contributed by atoms with E-state index in [0.29, 0.717) is 39.4 Å². The summed E-state index contributed by atoms with van der Waals surface area (Å²) >= 11 is 0.